The van der Waals surface area contributed by atoms with Crippen LogP contribution in [0.5, 0.6) is 5.75 Å². The number of anilines is 1. The third kappa shape index (κ3) is 2.81. The zero-order chi connectivity index (χ0) is 16.7. The van der Waals surface area contributed by atoms with Crippen molar-refractivity contribution >= 4 is 17.6 Å². The van der Waals surface area contributed by atoms with Crippen LogP contribution in [0.15, 0.2) is 24.3 Å². The molecule has 0 aromatic heterocycles. The van der Waals surface area contributed by atoms with Gasteiger partial charge in [0.2, 0.25) is 5.91 Å². The number of hydrogen-bond acceptors (Lipinski definition) is 3. The molecule has 1 saturated carbocycles. The Labute approximate surface area is 141 Å². The SMILES string of the molecule is COc1ccc(N2CC3(CCN(C(=O)NC4CC4)C3)CC2=O)cc1. The fourth-order valence-corrected chi connectivity index (χ4v) is 3.77. The number of benzene rings is 1. The Balaban J connectivity index is 1.44. The van der Waals surface area contributed by atoms with Gasteiger partial charge in [-0.2, -0.15) is 0 Å². The molecule has 128 valence electrons. The van der Waals surface area contributed by atoms with Gasteiger partial charge in [-0.15, -0.1) is 0 Å². The van der Waals surface area contributed by atoms with Crippen molar-refractivity contribution in [3.05, 3.63) is 24.3 Å². The number of carbonyl (C=O) groups is 2. The zero-order valence-electron chi connectivity index (χ0n) is 14.0. The van der Waals surface area contributed by atoms with Gasteiger partial charge in [-0.1, -0.05) is 0 Å². The summed E-state index contributed by atoms with van der Waals surface area (Å²) in [5, 5.41) is 3.04. The van der Waals surface area contributed by atoms with Crippen LogP contribution in [0.25, 0.3) is 0 Å². The smallest absolute Gasteiger partial charge is 0.317 e. The number of urea groups is 1. The topological polar surface area (TPSA) is 61.9 Å². The van der Waals surface area contributed by atoms with Gasteiger partial charge in [0.1, 0.15) is 5.75 Å². The van der Waals surface area contributed by atoms with Crippen LogP contribution in [-0.2, 0) is 4.79 Å². The maximum absolute atomic E-state index is 12.5. The molecule has 1 atom stereocenters. The summed E-state index contributed by atoms with van der Waals surface area (Å²) in [6, 6.07) is 7.99. The Kier molecular flexibility index (Phi) is 3.62. The number of ether oxygens (including phenoxy) is 1. The summed E-state index contributed by atoms with van der Waals surface area (Å²) in [7, 11) is 1.63. The lowest BCUT2D eigenvalue weighted by Gasteiger charge is -2.24. The van der Waals surface area contributed by atoms with Crippen LogP contribution in [-0.4, -0.2) is 49.6 Å². The molecular weight excluding hydrogens is 306 g/mol. The van der Waals surface area contributed by atoms with Crippen molar-refractivity contribution in [2.45, 2.75) is 31.7 Å². The van der Waals surface area contributed by atoms with E-state index in [-0.39, 0.29) is 17.4 Å². The molecule has 0 radical (unpaired) electrons. The molecule has 24 heavy (non-hydrogen) atoms. The Morgan fingerprint density at radius 3 is 2.67 bits per heavy atom. The predicted octanol–water partition coefficient (Wildman–Crippen LogP) is 2.00. The van der Waals surface area contributed by atoms with E-state index in [0.29, 0.717) is 25.6 Å². The molecule has 4 rings (SSSR count). The van der Waals surface area contributed by atoms with Gasteiger partial charge in [0.25, 0.3) is 0 Å². The Hall–Kier alpha value is -2.24. The summed E-state index contributed by atoms with van der Waals surface area (Å²) < 4.78 is 5.17. The standard InChI is InChI=1S/C18H23N3O3/c1-24-15-6-4-14(5-7-15)21-12-18(10-16(21)22)8-9-20(11-18)17(23)19-13-2-3-13/h4-7,13H,2-3,8-12H2,1H3,(H,19,23). The van der Waals surface area contributed by atoms with Crippen LogP contribution in [0.4, 0.5) is 10.5 Å². The fraction of sp³-hybridized carbons (Fsp3) is 0.556. The molecule has 3 amide bonds. The number of likely N-dealkylation sites (tertiary alicyclic amines) is 1. The van der Waals surface area contributed by atoms with Crippen LogP contribution in [0.1, 0.15) is 25.7 Å². The Bertz CT molecular complexity index is 656. The second-order valence-corrected chi connectivity index (χ2v) is 7.25. The average molecular weight is 329 g/mol. The first kappa shape index (κ1) is 15.3. The van der Waals surface area contributed by atoms with Gasteiger partial charge in [0.05, 0.1) is 7.11 Å². The summed E-state index contributed by atoms with van der Waals surface area (Å²) in [4.78, 5) is 28.5. The second kappa shape index (κ2) is 5.69. The van der Waals surface area contributed by atoms with Gasteiger partial charge in [-0.25, -0.2) is 4.79 Å². The first-order valence-electron chi connectivity index (χ1n) is 8.58. The highest BCUT2D eigenvalue weighted by Gasteiger charge is 2.49. The van der Waals surface area contributed by atoms with E-state index >= 15 is 0 Å². The lowest BCUT2D eigenvalue weighted by atomic mass is 9.86. The van der Waals surface area contributed by atoms with Crippen molar-refractivity contribution in [2.24, 2.45) is 5.41 Å². The minimum Gasteiger partial charge on any atom is -0.497 e. The summed E-state index contributed by atoms with van der Waals surface area (Å²) in [6.45, 7) is 2.09. The van der Waals surface area contributed by atoms with E-state index in [1.165, 1.54) is 0 Å². The third-order valence-corrected chi connectivity index (χ3v) is 5.34. The van der Waals surface area contributed by atoms with Crippen molar-refractivity contribution in [2.75, 3.05) is 31.6 Å². The highest BCUT2D eigenvalue weighted by atomic mass is 16.5. The molecule has 2 heterocycles. The number of hydrogen-bond donors (Lipinski definition) is 1. The molecule has 3 fully saturated rings. The molecule has 1 aromatic rings. The van der Waals surface area contributed by atoms with E-state index < -0.39 is 0 Å². The lowest BCUT2D eigenvalue weighted by molar-refractivity contribution is -0.117. The maximum Gasteiger partial charge on any atom is 0.317 e. The first-order chi connectivity index (χ1) is 11.6. The third-order valence-electron chi connectivity index (χ3n) is 5.34. The van der Waals surface area contributed by atoms with Gasteiger partial charge in [-0.05, 0) is 43.5 Å². The van der Waals surface area contributed by atoms with E-state index in [0.717, 1.165) is 37.2 Å². The Morgan fingerprint density at radius 1 is 1.25 bits per heavy atom. The zero-order valence-corrected chi connectivity index (χ0v) is 14.0. The van der Waals surface area contributed by atoms with Crippen molar-refractivity contribution in [3.8, 4) is 5.75 Å². The molecule has 2 saturated heterocycles. The van der Waals surface area contributed by atoms with Gasteiger partial charge in [-0.3, -0.25) is 4.79 Å². The number of nitrogens with zero attached hydrogens (tertiary/aromatic N) is 2. The van der Waals surface area contributed by atoms with Crippen LogP contribution < -0.4 is 15.0 Å². The van der Waals surface area contributed by atoms with Crippen LogP contribution >= 0.6 is 0 Å². The summed E-state index contributed by atoms with van der Waals surface area (Å²) in [6.07, 6.45) is 3.60. The molecule has 1 unspecified atom stereocenters. The molecule has 1 spiro atoms. The molecule has 3 aliphatic rings. The molecule has 6 nitrogen and oxygen atoms in total. The average Bonchev–Trinajstić information content (AvgIpc) is 3.21. The highest BCUT2D eigenvalue weighted by molar-refractivity contribution is 5.96. The number of methoxy groups -OCH3 is 1. The molecule has 6 heteroatoms. The van der Waals surface area contributed by atoms with E-state index in [4.69, 9.17) is 4.74 Å². The Morgan fingerprint density at radius 2 is 2.00 bits per heavy atom. The van der Waals surface area contributed by atoms with E-state index in [9.17, 15) is 9.59 Å². The van der Waals surface area contributed by atoms with Gasteiger partial charge >= 0.3 is 6.03 Å². The molecule has 1 aromatic carbocycles. The van der Waals surface area contributed by atoms with Crippen molar-refractivity contribution < 1.29 is 14.3 Å². The van der Waals surface area contributed by atoms with Crippen molar-refractivity contribution in [3.63, 3.8) is 0 Å². The minimum atomic E-state index is -0.0993. The second-order valence-electron chi connectivity index (χ2n) is 7.25. The molecule has 1 aliphatic carbocycles. The van der Waals surface area contributed by atoms with Gasteiger partial charge in [0.15, 0.2) is 0 Å². The lowest BCUT2D eigenvalue weighted by Crippen LogP contribution is -2.41. The fourth-order valence-electron chi connectivity index (χ4n) is 3.77. The van der Waals surface area contributed by atoms with E-state index in [2.05, 4.69) is 5.32 Å². The summed E-state index contributed by atoms with van der Waals surface area (Å²) >= 11 is 0. The highest BCUT2D eigenvalue weighted by Crippen LogP contribution is 2.42. The summed E-state index contributed by atoms with van der Waals surface area (Å²) in [5.74, 6) is 0.925. The number of carbonyl (C=O) groups excluding carboxylic acids is 2. The minimum absolute atomic E-state index is 0.0321. The number of rotatable bonds is 3. The largest absolute Gasteiger partial charge is 0.497 e. The number of amides is 3. The molecular formula is C18H23N3O3. The van der Waals surface area contributed by atoms with Crippen molar-refractivity contribution in [1.82, 2.24) is 10.2 Å². The van der Waals surface area contributed by atoms with E-state index in [1.807, 2.05) is 34.1 Å². The van der Waals surface area contributed by atoms with Crippen LogP contribution in [0, 0.1) is 5.41 Å². The molecule has 1 N–H and O–H groups in total. The normalized spacial score (nSPS) is 26.3. The van der Waals surface area contributed by atoms with Crippen LogP contribution in [0.3, 0.4) is 0 Å². The van der Waals surface area contributed by atoms with Gasteiger partial charge < -0.3 is 19.9 Å². The summed E-state index contributed by atoms with van der Waals surface area (Å²) in [5.41, 5.74) is 0.802. The van der Waals surface area contributed by atoms with Gasteiger partial charge in [0, 0.05) is 43.2 Å². The van der Waals surface area contributed by atoms with Crippen LogP contribution in [0.2, 0.25) is 0 Å². The number of nitrogens with one attached hydrogen (secondary N) is 1. The molecule has 2 aliphatic heterocycles. The first-order valence-corrected chi connectivity index (χ1v) is 8.58. The monoisotopic (exact) mass is 329 g/mol. The predicted molar refractivity (Wildman–Crippen MR) is 90.1 cm³/mol. The molecule has 0 bridgehead atoms. The van der Waals surface area contributed by atoms with Crippen molar-refractivity contribution in [1.29, 1.82) is 0 Å². The van der Waals surface area contributed by atoms with E-state index in [1.54, 1.807) is 7.11 Å². The quantitative estimate of drug-likeness (QED) is 0.922. The maximum atomic E-state index is 12.5.